The molecule has 0 radical (unpaired) electrons. The van der Waals surface area contributed by atoms with Crippen LogP contribution in [0.4, 0.5) is 10.1 Å². The van der Waals surface area contributed by atoms with Gasteiger partial charge >= 0.3 is 0 Å². The van der Waals surface area contributed by atoms with E-state index in [1.165, 1.54) is 25.6 Å². The van der Waals surface area contributed by atoms with E-state index in [1.807, 2.05) is 29.2 Å². The predicted octanol–water partition coefficient (Wildman–Crippen LogP) is 7.30. The van der Waals surface area contributed by atoms with E-state index >= 15 is 0 Å². The zero-order valence-corrected chi connectivity index (χ0v) is 22.6. The second-order valence-electron chi connectivity index (χ2n) is 8.78. The summed E-state index contributed by atoms with van der Waals surface area (Å²) in [6, 6.07) is 18.1. The summed E-state index contributed by atoms with van der Waals surface area (Å²) in [5.41, 5.74) is 3.38. The van der Waals surface area contributed by atoms with Gasteiger partial charge in [-0.05, 0) is 54.7 Å². The number of aryl methyl sites for hydroxylation is 1. The topological polar surface area (TPSA) is 27.6 Å². The zero-order chi connectivity index (χ0) is 22.1. The van der Waals surface area contributed by atoms with Crippen LogP contribution in [0.5, 0.6) is 0 Å². The van der Waals surface area contributed by atoms with Crippen LogP contribution in [0, 0.1) is 5.82 Å². The molecule has 1 N–H and O–H groups in total. The van der Waals surface area contributed by atoms with Gasteiger partial charge < -0.3 is 10.2 Å². The highest BCUT2D eigenvalue weighted by Crippen LogP contribution is 2.45. The molecule has 5 rings (SSSR count). The molecule has 1 atom stereocenters. The first-order valence-corrected chi connectivity index (χ1v) is 12.9. The summed E-state index contributed by atoms with van der Waals surface area (Å²) in [5.74, 6) is 1.44. The van der Waals surface area contributed by atoms with Gasteiger partial charge in [0.1, 0.15) is 11.7 Å². The van der Waals surface area contributed by atoms with E-state index in [4.69, 9.17) is 4.99 Å². The van der Waals surface area contributed by atoms with E-state index in [0.29, 0.717) is 12.0 Å². The van der Waals surface area contributed by atoms with Crippen LogP contribution in [0.25, 0.3) is 0 Å². The number of rotatable bonds is 4. The van der Waals surface area contributed by atoms with Crippen LogP contribution in [0.1, 0.15) is 42.2 Å². The average Bonchev–Trinajstić information content (AvgIpc) is 3.14. The Bertz CT molecular complexity index is 1150. The molecule has 2 aliphatic heterocycles. The molecule has 0 unspecified atom stereocenters. The maximum absolute atomic E-state index is 13.6. The molecule has 0 spiro atoms. The Morgan fingerprint density at radius 2 is 1.94 bits per heavy atom. The molecule has 3 nitrogen and oxygen atoms in total. The van der Waals surface area contributed by atoms with Gasteiger partial charge in [-0.2, -0.15) is 0 Å². The summed E-state index contributed by atoms with van der Waals surface area (Å²) in [7, 11) is 0. The maximum atomic E-state index is 13.6. The summed E-state index contributed by atoms with van der Waals surface area (Å²) in [5, 5.41) is 3.66. The van der Waals surface area contributed by atoms with Gasteiger partial charge in [0.25, 0.3) is 0 Å². The molecule has 1 fully saturated rings. The molecule has 3 aromatic rings. The molecule has 34 heavy (non-hydrogen) atoms. The highest BCUT2D eigenvalue weighted by Gasteiger charge is 2.28. The predicted molar refractivity (Wildman–Crippen MR) is 148 cm³/mol. The van der Waals surface area contributed by atoms with Crippen molar-refractivity contribution in [3.63, 3.8) is 0 Å². The van der Waals surface area contributed by atoms with Crippen molar-refractivity contribution < 1.29 is 4.39 Å². The van der Waals surface area contributed by atoms with E-state index in [9.17, 15) is 4.39 Å². The third kappa shape index (κ3) is 5.97. The largest absolute Gasteiger partial charge is 0.353 e. The van der Waals surface area contributed by atoms with Crippen molar-refractivity contribution >= 4 is 59.4 Å². The third-order valence-electron chi connectivity index (χ3n) is 6.05. The second kappa shape index (κ2) is 11.9. The number of thiophene rings is 1. The van der Waals surface area contributed by atoms with Crippen molar-refractivity contribution in [3.8, 4) is 0 Å². The molecule has 1 saturated heterocycles. The molecule has 3 heterocycles. The summed E-state index contributed by atoms with van der Waals surface area (Å²) < 4.78 is 14.9. The van der Waals surface area contributed by atoms with Crippen LogP contribution in [0.15, 0.2) is 68.7 Å². The second-order valence-corrected chi connectivity index (χ2v) is 11.2. The first-order chi connectivity index (χ1) is 15.6. The molecule has 0 aliphatic carbocycles. The Kier molecular flexibility index (Phi) is 9.47. The van der Waals surface area contributed by atoms with Crippen molar-refractivity contribution in [3.05, 3.63) is 76.4 Å². The van der Waals surface area contributed by atoms with Crippen molar-refractivity contribution in [2.45, 2.75) is 47.8 Å². The fourth-order valence-electron chi connectivity index (χ4n) is 4.30. The fraction of sp³-hybridized carbons (Fsp3) is 0.346. The van der Waals surface area contributed by atoms with Crippen molar-refractivity contribution in [2.75, 3.05) is 19.6 Å². The first-order valence-electron chi connectivity index (χ1n) is 11.3. The Hall–Kier alpha value is -1.57. The standard InChI is InChI=1S/C26H28FN3S2.2ClH/c1-17(2)24-15-21-25(29-22-8-3-4-9-23(22)31-26(21)32-24)30-13-12-28-20(16-30)11-10-18-6-5-7-19(27)14-18;;/h3-9,14-15,17,20,28H,10-13,16H2,1-2H3;2*1H/t20-;;/m0../s1. The van der Waals surface area contributed by atoms with Crippen LogP contribution in [-0.4, -0.2) is 36.4 Å². The number of nitrogens with one attached hydrogen (secondary N) is 1. The van der Waals surface area contributed by atoms with Crippen LogP contribution in [0.2, 0.25) is 0 Å². The van der Waals surface area contributed by atoms with Gasteiger partial charge in [-0.15, -0.1) is 36.2 Å². The maximum Gasteiger partial charge on any atom is 0.138 e. The molecular formula is C26H30Cl2FN3S2. The number of hydrogen-bond acceptors (Lipinski definition) is 5. The quantitative estimate of drug-likeness (QED) is 0.378. The molecular weight excluding hydrogens is 508 g/mol. The van der Waals surface area contributed by atoms with E-state index in [1.54, 1.807) is 12.1 Å². The lowest BCUT2D eigenvalue weighted by Crippen LogP contribution is -2.52. The number of para-hydroxylation sites is 1. The van der Waals surface area contributed by atoms with Crippen molar-refractivity contribution in [2.24, 2.45) is 4.99 Å². The van der Waals surface area contributed by atoms with Crippen molar-refractivity contribution in [1.82, 2.24) is 10.2 Å². The molecule has 0 bridgehead atoms. The summed E-state index contributed by atoms with van der Waals surface area (Å²) in [6.07, 6.45) is 1.85. The van der Waals surface area contributed by atoms with E-state index in [2.05, 4.69) is 54.4 Å². The zero-order valence-electron chi connectivity index (χ0n) is 19.3. The SMILES string of the molecule is CC(C)c1cc2c(s1)Sc1ccccc1N=C2N1CCN[C@@H](CCc2cccc(F)c2)C1.Cl.Cl. The summed E-state index contributed by atoms with van der Waals surface area (Å²) >= 11 is 3.75. The third-order valence-corrected chi connectivity index (χ3v) is 8.75. The molecule has 2 aromatic carbocycles. The highest BCUT2D eigenvalue weighted by atomic mass is 35.5. The van der Waals surface area contributed by atoms with Gasteiger partial charge in [-0.1, -0.05) is 49.9 Å². The van der Waals surface area contributed by atoms with Crippen LogP contribution in [-0.2, 0) is 6.42 Å². The Morgan fingerprint density at radius 3 is 2.74 bits per heavy atom. The monoisotopic (exact) mass is 537 g/mol. The normalized spacial score (nSPS) is 17.1. The van der Waals surface area contributed by atoms with Gasteiger partial charge in [0, 0.05) is 41.0 Å². The number of amidine groups is 1. The summed E-state index contributed by atoms with van der Waals surface area (Å²) in [4.78, 5) is 10.3. The lowest BCUT2D eigenvalue weighted by molar-refractivity contribution is 0.282. The summed E-state index contributed by atoms with van der Waals surface area (Å²) in [6.45, 7) is 7.29. The number of benzene rings is 2. The van der Waals surface area contributed by atoms with E-state index in [-0.39, 0.29) is 30.6 Å². The smallest absolute Gasteiger partial charge is 0.138 e. The van der Waals surface area contributed by atoms with Crippen LogP contribution in [0.3, 0.4) is 0 Å². The number of piperazine rings is 1. The Morgan fingerprint density at radius 1 is 1.12 bits per heavy atom. The number of halogens is 3. The average molecular weight is 539 g/mol. The van der Waals surface area contributed by atoms with E-state index in [0.717, 1.165) is 49.6 Å². The van der Waals surface area contributed by atoms with E-state index < -0.39 is 0 Å². The van der Waals surface area contributed by atoms with Gasteiger partial charge in [0.2, 0.25) is 0 Å². The molecule has 182 valence electrons. The lowest BCUT2D eigenvalue weighted by Gasteiger charge is -2.36. The molecule has 0 amide bonds. The number of nitrogens with zero attached hydrogens (tertiary/aromatic N) is 2. The number of fused-ring (bicyclic) bond motifs is 2. The minimum atomic E-state index is -0.157. The van der Waals surface area contributed by atoms with Crippen LogP contribution >= 0.6 is 47.9 Å². The minimum Gasteiger partial charge on any atom is -0.353 e. The van der Waals surface area contributed by atoms with Gasteiger partial charge in [-0.25, -0.2) is 9.38 Å². The van der Waals surface area contributed by atoms with Gasteiger partial charge in [-0.3, -0.25) is 0 Å². The Labute approximate surface area is 222 Å². The highest BCUT2D eigenvalue weighted by molar-refractivity contribution is 8.01. The Balaban J connectivity index is 0.00000162. The number of aliphatic imine (C=N–C) groups is 1. The van der Waals surface area contributed by atoms with Crippen LogP contribution < -0.4 is 5.32 Å². The first kappa shape index (κ1) is 27.0. The molecule has 0 saturated carbocycles. The lowest BCUT2D eigenvalue weighted by atomic mass is 10.0. The molecule has 2 aliphatic rings. The molecule has 1 aromatic heterocycles. The van der Waals surface area contributed by atoms with Crippen molar-refractivity contribution in [1.29, 1.82) is 0 Å². The van der Waals surface area contributed by atoms with Gasteiger partial charge in [0.05, 0.1) is 9.90 Å². The number of hydrogen-bond donors (Lipinski definition) is 1. The van der Waals surface area contributed by atoms with Gasteiger partial charge in [0.15, 0.2) is 0 Å². The minimum absolute atomic E-state index is 0. The molecule has 8 heteroatoms. The fourth-order valence-corrected chi connectivity index (χ4v) is 6.74.